The molecule has 1 aromatic carbocycles. The molecule has 0 aliphatic heterocycles. The van der Waals surface area contributed by atoms with Crippen molar-refractivity contribution in [2.75, 3.05) is 6.54 Å². The normalized spacial score (nSPS) is 12.4. The number of rotatable bonds is 2. The number of nitriles is 1. The number of hydrogen-bond acceptors (Lipinski definition) is 3. The molecule has 0 spiro atoms. The highest BCUT2D eigenvalue weighted by molar-refractivity contribution is 5.30. The molecular weight excluding hydrogens is 219 g/mol. The summed E-state index contributed by atoms with van der Waals surface area (Å²) in [5, 5.41) is 8.66. The second-order valence-corrected chi connectivity index (χ2v) is 3.04. The molecule has 0 fully saturated rings. The van der Waals surface area contributed by atoms with E-state index >= 15 is 0 Å². The molecular formula is C10H12F3N3. The third-order valence-corrected chi connectivity index (χ3v) is 2.03. The molecule has 5 N–H and O–H groups in total. The van der Waals surface area contributed by atoms with E-state index < -0.39 is 17.7 Å². The standard InChI is InChI=1S/C10H9F3N2.H3N/c11-10(12,13)9-3-1-7(2-4-9)8(5-14)6-15;/h1-4,8H,5,14H2;1H3. The van der Waals surface area contributed by atoms with E-state index in [1.807, 2.05) is 6.07 Å². The minimum Gasteiger partial charge on any atom is -0.344 e. The van der Waals surface area contributed by atoms with Crippen LogP contribution in [-0.2, 0) is 6.18 Å². The number of benzene rings is 1. The Hall–Kier alpha value is -1.58. The zero-order valence-corrected chi connectivity index (χ0v) is 8.46. The van der Waals surface area contributed by atoms with Gasteiger partial charge in [-0.05, 0) is 17.7 Å². The first-order valence-electron chi connectivity index (χ1n) is 4.26. The number of halogens is 3. The summed E-state index contributed by atoms with van der Waals surface area (Å²) in [5.41, 5.74) is 5.08. The summed E-state index contributed by atoms with van der Waals surface area (Å²) in [4.78, 5) is 0. The Morgan fingerprint density at radius 1 is 1.25 bits per heavy atom. The highest BCUT2D eigenvalue weighted by atomic mass is 19.4. The van der Waals surface area contributed by atoms with Crippen LogP contribution >= 0.6 is 0 Å². The van der Waals surface area contributed by atoms with Crippen molar-refractivity contribution >= 4 is 0 Å². The van der Waals surface area contributed by atoms with Crippen LogP contribution in [0.25, 0.3) is 0 Å². The highest BCUT2D eigenvalue weighted by Crippen LogP contribution is 2.29. The first-order valence-corrected chi connectivity index (χ1v) is 4.26. The van der Waals surface area contributed by atoms with Gasteiger partial charge in [0.2, 0.25) is 0 Å². The van der Waals surface area contributed by atoms with Gasteiger partial charge in [0.05, 0.1) is 17.6 Å². The number of nitrogens with two attached hydrogens (primary N) is 1. The summed E-state index contributed by atoms with van der Waals surface area (Å²) in [6.07, 6.45) is -4.34. The van der Waals surface area contributed by atoms with Crippen LogP contribution in [0.5, 0.6) is 0 Å². The Morgan fingerprint density at radius 3 is 2.06 bits per heavy atom. The molecule has 1 aromatic rings. The van der Waals surface area contributed by atoms with E-state index in [-0.39, 0.29) is 12.7 Å². The topological polar surface area (TPSA) is 84.8 Å². The molecule has 3 nitrogen and oxygen atoms in total. The smallest absolute Gasteiger partial charge is 0.344 e. The molecule has 0 bridgehead atoms. The minimum atomic E-state index is -4.34. The fourth-order valence-corrected chi connectivity index (χ4v) is 1.17. The lowest BCUT2D eigenvalue weighted by atomic mass is 9.99. The van der Waals surface area contributed by atoms with Gasteiger partial charge in [0.25, 0.3) is 0 Å². The highest BCUT2D eigenvalue weighted by Gasteiger charge is 2.30. The Balaban J connectivity index is 0.00000225. The van der Waals surface area contributed by atoms with Gasteiger partial charge in [-0.2, -0.15) is 18.4 Å². The Kier molecular flexibility index (Phi) is 4.95. The van der Waals surface area contributed by atoms with Crippen molar-refractivity contribution in [2.45, 2.75) is 12.1 Å². The van der Waals surface area contributed by atoms with E-state index in [9.17, 15) is 13.2 Å². The average molecular weight is 231 g/mol. The van der Waals surface area contributed by atoms with Crippen molar-refractivity contribution in [1.82, 2.24) is 6.15 Å². The van der Waals surface area contributed by atoms with Crippen LogP contribution in [0.3, 0.4) is 0 Å². The molecule has 1 unspecified atom stereocenters. The Morgan fingerprint density at radius 2 is 1.75 bits per heavy atom. The fourth-order valence-electron chi connectivity index (χ4n) is 1.17. The van der Waals surface area contributed by atoms with Crippen LogP contribution in [0, 0.1) is 11.3 Å². The third-order valence-electron chi connectivity index (χ3n) is 2.03. The molecule has 6 heteroatoms. The van der Waals surface area contributed by atoms with Gasteiger partial charge in [0.1, 0.15) is 0 Å². The molecule has 1 rings (SSSR count). The van der Waals surface area contributed by atoms with E-state index in [2.05, 4.69) is 0 Å². The van der Waals surface area contributed by atoms with Crippen molar-refractivity contribution in [2.24, 2.45) is 5.73 Å². The lowest BCUT2D eigenvalue weighted by Gasteiger charge is -2.09. The molecule has 16 heavy (non-hydrogen) atoms. The van der Waals surface area contributed by atoms with Crippen LogP contribution < -0.4 is 11.9 Å². The predicted molar refractivity (Wildman–Crippen MR) is 53.9 cm³/mol. The molecule has 0 heterocycles. The van der Waals surface area contributed by atoms with Crippen molar-refractivity contribution in [3.05, 3.63) is 35.4 Å². The molecule has 0 amide bonds. The maximum absolute atomic E-state index is 12.2. The summed E-state index contributed by atoms with van der Waals surface area (Å²) in [5.74, 6) is -0.549. The molecule has 88 valence electrons. The largest absolute Gasteiger partial charge is 0.416 e. The van der Waals surface area contributed by atoms with E-state index in [0.29, 0.717) is 5.56 Å². The molecule has 1 atom stereocenters. The first kappa shape index (κ1) is 14.4. The van der Waals surface area contributed by atoms with E-state index in [1.54, 1.807) is 0 Å². The molecule has 0 aromatic heterocycles. The first-order chi connectivity index (χ1) is 6.99. The molecule has 0 saturated carbocycles. The second kappa shape index (κ2) is 5.49. The summed E-state index contributed by atoms with van der Waals surface area (Å²) in [7, 11) is 0. The lowest BCUT2D eigenvalue weighted by molar-refractivity contribution is -0.137. The molecule has 0 aliphatic rings. The summed E-state index contributed by atoms with van der Waals surface area (Å²) >= 11 is 0. The minimum absolute atomic E-state index is 0. The summed E-state index contributed by atoms with van der Waals surface area (Å²) in [6.45, 7) is 0.0991. The van der Waals surface area contributed by atoms with Gasteiger partial charge in [-0.25, -0.2) is 0 Å². The second-order valence-electron chi connectivity index (χ2n) is 3.04. The lowest BCUT2D eigenvalue weighted by Crippen LogP contribution is -2.11. The molecule has 0 saturated heterocycles. The number of alkyl halides is 3. The van der Waals surface area contributed by atoms with Crippen LogP contribution in [0.15, 0.2) is 24.3 Å². The van der Waals surface area contributed by atoms with E-state index in [0.717, 1.165) is 12.1 Å². The van der Waals surface area contributed by atoms with Gasteiger partial charge in [0.15, 0.2) is 0 Å². The maximum Gasteiger partial charge on any atom is 0.416 e. The van der Waals surface area contributed by atoms with Crippen LogP contribution in [0.2, 0.25) is 0 Å². The zero-order chi connectivity index (χ0) is 11.5. The monoisotopic (exact) mass is 231 g/mol. The van der Waals surface area contributed by atoms with Gasteiger partial charge < -0.3 is 11.9 Å². The number of nitrogens with zero attached hydrogens (tertiary/aromatic N) is 1. The van der Waals surface area contributed by atoms with Gasteiger partial charge in [-0.1, -0.05) is 12.1 Å². The van der Waals surface area contributed by atoms with Crippen molar-refractivity contribution in [1.29, 1.82) is 5.26 Å². The predicted octanol–water partition coefficient (Wildman–Crippen LogP) is 2.43. The van der Waals surface area contributed by atoms with Crippen molar-refractivity contribution < 1.29 is 13.2 Å². The van der Waals surface area contributed by atoms with Crippen molar-refractivity contribution in [3.8, 4) is 6.07 Å². The SMILES string of the molecule is N.N#CC(CN)c1ccc(C(F)(F)F)cc1. The van der Waals surface area contributed by atoms with Gasteiger partial charge in [-0.3, -0.25) is 0 Å². The Labute approximate surface area is 91.3 Å². The average Bonchev–Trinajstić information content (AvgIpc) is 2.19. The molecule has 0 aliphatic carbocycles. The number of hydrogen-bond donors (Lipinski definition) is 2. The molecule has 0 radical (unpaired) electrons. The van der Waals surface area contributed by atoms with Crippen LogP contribution in [0.1, 0.15) is 17.0 Å². The van der Waals surface area contributed by atoms with Crippen molar-refractivity contribution in [3.63, 3.8) is 0 Å². The Bertz CT molecular complexity index is 364. The van der Waals surface area contributed by atoms with Crippen LogP contribution in [-0.4, -0.2) is 6.54 Å². The zero-order valence-electron chi connectivity index (χ0n) is 8.46. The summed E-state index contributed by atoms with van der Waals surface area (Å²) < 4.78 is 36.6. The third kappa shape index (κ3) is 3.22. The van der Waals surface area contributed by atoms with Gasteiger partial charge in [-0.15, -0.1) is 0 Å². The van der Waals surface area contributed by atoms with Crippen LogP contribution in [0.4, 0.5) is 13.2 Å². The summed E-state index contributed by atoms with van der Waals surface area (Å²) in [6, 6.07) is 6.39. The van der Waals surface area contributed by atoms with Gasteiger partial charge >= 0.3 is 6.18 Å². The fraction of sp³-hybridized carbons (Fsp3) is 0.300. The van der Waals surface area contributed by atoms with Gasteiger partial charge in [0, 0.05) is 6.54 Å². The van der Waals surface area contributed by atoms with E-state index in [1.165, 1.54) is 12.1 Å². The van der Waals surface area contributed by atoms with E-state index in [4.69, 9.17) is 11.0 Å². The quantitative estimate of drug-likeness (QED) is 0.819. The maximum atomic E-state index is 12.2.